The monoisotopic (exact) mass is 812 g/mol. The van der Waals surface area contributed by atoms with Crippen LogP contribution in [0.15, 0.2) is 107 Å². The average molecular weight is 813 g/mol. The van der Waals surface area contributed by atoms with Crippen molar-refractivity contribution in [2.75, 3.05) is 0 Å². The molecule has 2 nitrogen and oxygen atoms in total. The number of fused-ring (bicyclic) bond motifs is 9. The molecule has 0 amide bonds. The lowest BCUT2D eigenvalue weighted by atomic mass is 9.72. The Morgan fingerprint density at radius 3 is 1.21 bits per heavy atom. The van der Waals surface area contributed by atoms with Crippen LogP contribution < -0.4 is 0 Å². The molecule has 0 bridgehead atoms. The van der Waals surface area contributed by atoms with Crippen molar-refractivity contribution in [3.05, 3.63) is 119 Å². The fourth-order valence-corrected chi connectivity index (χ4v) is 13.0. The second-order valence-corrected chi connectivity index (χ2v) is 24.4. The van der Waals surface area contributed by atoms with Crippen LogP contribution in [0.4, 0.5) is 0 Å². The third-order valence-corrected chi connectivity index (χ3v) is 16.4. The molecule has 0 aromatic heterocycles. The lowest BCUT2D eigenvalue weighted by Gasteiger charge is -2.30. The van der Waals surface area contributed by atoms with Crippen molar-refractivity contribution in [2.45, 2.75) is 115 Å². The van der Waals surface area contributed by atoms with Gasteiger partial charge in [0.05, 0.1) is 9.79 Å². The molecular formula is C58H52O2S. The average Bonchev–Trinajstić information content (AvgIpc) is 3.28. The van der Waals surface area contributed by atoms with Gasteiger partial charge in [-0.25, -0.2) is 8.42 Å². The summed E-state index contributed by atoms with van der Waals surface area (Å²) >= 11 is 0. The van der Waals surface area contributed by atoms with Gasteiger partial charge in [-0.3, -0.25) is 0 Å². The van der Waals surface area contributed by atoms with E-state index in [1.54, 1.807) is 0 Å². The van der Waals surface area contributed by atoms with Crippen LogP contribution in [0.25, 0.3) is 108 Å². The quantitative estimate of drug-likeness (QED) is 0.113. The molecule has 302 valence electrons. The van der Waals surface area contributed by atoms with Crippen molar-refractivity contribution in [2.24, 2.45) is 0 Å². The standard InChI is InChI=1S/C58H52O2S/c1-55(2,3)29-20-21-34-36(22-29)38-24-31(57(7,8)9)26-40-42-28-32(58(10,11)12)27-41-39-25-30(56(4,5)6)23-37-33-17-15-19-44-48(33)54-50(35-16-13-14-18-43(35)61(44,59)60)49(34)51(46(38)40)52(47(41)42)53(54)45(37)39/h13-28H,1-12H3. The highest BCUT2D eigenvalue weighted by Crippen LogP contribution is 2.60. The van der Waals surface area contributed by atoms with E-state index < -0.39 is 9.84 Å². The summed E-state index contributed by atoms with van der Waals surface area (Å²) in [5, 5.41) is 21.4. The lowest BCUT2D eigenvalue weighted by Crippen LogP contribution is -2.13. The molecule has 0 aliphatic carbocycles. The molecule has 0 N–H and O–H groups in total. The Hall–Kier alpha value is -5.51. The maximum atomic E-state index is 15.4. The molecule has 0 spiro atoms. The predicted octanol–water partition coefficient (Wildman–Crippen LogP) is 16.4. The van der Waals surface area contributed by atoms with Crippen LogP contribution in [0.5, 0.6) is 0 Å². The number of benzene rings is 11. The summed E-state index contributed by atoms with van der Waals surface area (Å²) in [5.41, 5.74) is 6.54. The highest BCUT2D eigenvalue weighted by Gasteiger charge is 2.37. The van der Waals surface area contributed by atoms with Gasteiger partial charge in [-0.1, -0.05) is 126 Å². The fourth-order valence-electron chi connectivity index (χ4n) is 11.3. The van der Waals surface area contributed by atoms with E-state index in [1.165, 1.54) is 92.3 Å². The van der Waals surface area contributed by atoms with E-state index in [-0.39, 0.29) is 21.7 Å². The van der Waals surface area contributed by atoms with Crippen LogP contribution in [0.3, 0.4) is 0 Å². The second kappa shape index (κ2) is 11.1. The van der Waals surface area contributed by atoms with Crippen molar-refractivity contribution >= 4 is 107 Å². The maximum Gasteiger partial charge on any atom is 0.207 e. The van der Waals surface area contributed by atoms with E-state index in [4.69, 9.17) is 0 Å². The molecule has 0 saturated heterocycles. The number of hydrogen-bond donors (Lipinski definition) is 0. The summed E-state index contributed by atoms with van der Waals surface area (Å²) in [6.45, 7) is 27.8. The Labute approximate surface area is 358 Å². The molecule has 0 atom stereocenters. The van der Waals surface area contributed by atoms with Crippen LogP contribution in [-0.4, -0.2) is 8.42 Å². The van der Waals surface area contributed by atoms with E-state index in [0.29, 0.717) is 9.79 Å². The van der Waals surface area contributed by atoms with E-state index in [2.05, 4.69) is 150 Å². The zero-order valence-corrected chi connectivity index (χ0v) is 38.3. The van der Waals surface area contributed by atoms with Crippen LogP contribution >= 0.6 is 0 Å². The first-order chi connectivity index (χ1) is 28.6. The van der Waals surface area contributed by atoms with Gasteiger partial charge in [-0.05, 0) is 185 Å². The first-order valence-corrected chi connectivity index (χ1v) is 23.5. The van der Waals surface area contributed by atoms with Crippen molar-refractivity contribution in [1.29, 1.82) is 0 Å². The van der Waals surface area contributed by atoms with Gasteiger partial charge in [0.2, 0.25) is 9.84 Å². The minimum atomic E-state index is -3.94. The summed E-state index contributed by atoms with van der Waals surface area (Å²) in [6.07, 6.45) is 0. The summed E-state index contributed by atoms with van der Waals surface area (Å²) in [4.78, 5) is 0.773. The van der Waals surface area contributed by atoms with Gasteiger partial charge < -0.3 is 0 Å². The molecule has 1 heterocycles. The van der Waals surface area contributed by atoms with Gasteiger partial charge in [0.15, 0.2) is 0 Å². The van der Waals surface area contributed by atoms with Gasteiger partial charge in [0, 0.05) is 21.9 Å². The molecule has 0 saturated carbocycles. The van der Waals surface area contributed by atoms with E-state index in [9.17, 15) is 0 Å². The minimum absolute atomic E-state index is 0.0751. The molecule has 11 aromatic rings. The molecule has 12 rings (SSSR count). The van der Waals surface area contributed by atoms with Gasteiger partial charge in [0.1, 0.15) is 0 Å². The van der Waals surface area contributed by atoms with Gasteiger partial charge in [-0.2, -0.15) is 0 Å². The zero-order valence-electron chi connectivity index (χ0n) is 37.5. The SMILES string of the molecule is CC(C)(C)c1ccc2c(c1)c1cc(C(C)(C)C)cc3c4cc(C(C)(C)C)cc5c6cc(C(C)(C)C)cc7c8cccc9c8c8c(c2c(c13)c(c45)c8c76)-c1ccccc1S9(=O)=O. The molecule has 11 aromatic carbocycles. The van der Waals surface area contributed by atoms with Crippen LogP contribution in [-0.2, 0) is 31.5 Å². The normalized spacial score (nSPS) is 15.1. The molecule has 0 radical (unpaired) electrons. The smallest absolute Gasteiger partial charge is 0.207 e. The Morgan fingerprint density at radius 2 is 0.705 bits per heavy atom. The Kier molecular flexibility index (Phi) is 6.78. The highest BCUT2D eigenvalue weighted by molar-refractivity contribution is 7.92. The Balaban J connectivity index is 1.56. The fraction of sp³-hybridized carbons (Fsp3) is 0.276. The number of rotatable bonds is 0. The maximum absolute atomic E-state index is 15.4. The molecule has 3 heteroatoms. The second-order valence-electron chi connectivity index (χ2n) is 22.5. The lowest BCUT2D eigenvalue weighted by molar-refractivity contribution is 0.590. The van der Waals surface area contributed by atoms with Crippen LogP contribution in [0.1, 0.15) is 105 Å². The van der Waals surface area contributed by atoms with E-state index >= 15 is 8.42 Å². The van der Waals surface area contributed by atoms with Crippen molar-refractivity contribution < 1.29 is 8.42 Å². The molecule has 1 aliphatic rings. The Bertz CT molecular complexity index is 3890. The molecule has 0 unspecified atom stereocenters. The van der Waals surface area contributed by atoms with Crippen molar-refractivity contribution in [3.8, 4) is 11.1 Å². The first kappa shape index (κ1) is 37.3. The number of sulfone groups is 1. The number of hydrogen-bond acceptors (Lipinski definition) is 2. The van der Waals surface area contributed by atoms with Crippen molar-refractivity contribution in [3.63, 3.8) is 0 Å². The largest absolute Gasteiger partial charge is 0.218 e. The predicted molar refractivity (Wildman–Crippen MR) is 263 cm³/mol. The summed E-state index contributed by atoms with van der Waals surface area (Å²) < 4.78 is 30.8. The topological polar surface area (TPSA) is 34.1 Å². The molecule has 61 heavy (non-hydrogen) atoms. The van der Waals surface area contributed by atoms with Crippen molar-refractivity contribution in [1.82, 2.24) is 0 Å². The third kappa shape index (κ3) is 4.61. The highest BCUT2D eigenvalue weighted by atomic mass is 32.2. The van der Waals surface area contributed by atoms with E-state index in [0.717, 1.165) is 38.1 Å². The van der Waals surface area contributed by atoms with E-state index in [1.807, 2.05) is 30.3 Å². The summed E-state index contributed by atoms with van der Waals surface area (Å²) in [6, 6.07) is 35.8. The molecular weight excluding hydrogens is 761 g/mol. The van der Waals surface area contributed by atoms with Gasteiger partial charge >= 0.3 is 0 Å². The summed E-state index contributed by atoms with van der Waals surface area (Å²) in [5.74, 6) is 0. The zero-order chi connectivity index (χ0) is 42.8. The molecule has 0 fully saturated rings. The van der Waals surface area contributed by atoms with Gasteiger partial charge in [-0.15, -0.1) is 0 Å². The van der Waals surface area contributed by atoms with Crippen LogP contribution in [0.2, 0.25) is 0 Å². The minimum Gasteiger partial charge on any atom is -0.218 e. The van der Waals surface area contributed by atoms with Crippen LogP contribution in [0, 0.1) is 0 Å². The third-order valence-electron chi connectivity index (χ3n) is 14.6. The molecule has 1 aliphatic heterocycles. The first-order valence-electron chi connectivity index (χ1n) is 22.0. The summed E-state index contributed by atoms with van der Waals surface area (Å²) in [7, 11) is -3.94. The Morgan fingerprint density at radius 1 is 0.311 bits per heavy atom. The van der Waals surface area contributed by atoms with Gasteiger partial charge in [0.25, 0.3) is 0 Å².